The largest absolute Gasteiger partial charge is 0.444 e. The summed E-state index contributed by atoms with van der Waals surface area (Å²) in [5.41, 5.74) is 3.10. The van der Waals surface area contributed by atoms with Gasteiger partial charge < -0.3 is 14.5 Å². The minimum absolute atomic E-state index is 0.279. The third-order valence-corrected chi connectivity index (χ3v) is 8.35. The van der Waals surface area contributed by atoms with Crippen molar-refractivity contribution in [2.24, 2.45) is 0 Å². The Labute approximate surface area is 195 Å². The lowest BCUT2D eigenvalue weighted by atomic mass is 9.86. The molecule has 2 saturated heterocycles. The number of fused-ring (bicyclic) bond motifs is 2. The topological polar surface area (TPSA) is 53.1 Å². The van der Waals surface area contributed by atoms with E-state index < -0.39 is 5.60 Å². The third-order valence-electron chi connectivity index (χ3n) is 6.71. The first kappa shape index (κ1) is 23.2. The van der Waals surface area contributed by atoms with Crippen molar-refractivity contribution in [1.29, 1.82) is 0 Å². The van der Waals surface area contributed by atoms with Crippen molar-refractivity contribution in [1.82, 2.24) is 14.7 Å². The molecule has 1 spiro atoms. The molecular weight excluding hydrogens is 422 g/mol. The van der Waals surface area contributed by atoms with Gasteiger partial charge in [-0.05, 0) is 70.8 Å². The fraction of sp³-hybridized carbons (Fsp3) is 0.640. The average Bonchev–Trinajstić information content (AvgIpc) is 3.12. The SMILES string of the molecule is CC(C)(C)OC(=O)N1CCN(CCCN2CCC3(CC2)SCc2ccccc23)C(=C=O)C1. The van der Waals surface area contributed by atoms with Crippen molar-refractivity contribution in [3.63, 3.8) is 0 Å². The summed E-state index contributed by atoms with van der Waals surface area (Å²) < 4.78 is 5.76. The van der Waals surface area contributed by atoms with Crippen molar-refractivity contribution < 1.29 is 14.3 Å². The Morgan fingerprint density at radius 2 is 1.88 bits per heavy atom. The maximum absolute atomic E-state index is 12.3. The first-order valence-corrected chi connectivity index (χ1v) is 12.7. The molecule has 174 valence electrons. The molecule has 3 aliphatic heterocycles. The number of amides is 1. The fourth-order valence-corrected chi connectivity index (χ4v) is 6.49. The second kappa shape index (κ2) is 9.50. The Balaban J connectivity index is 1.22. The van der Waals surface area contributed by atoms with E-state index in [-0.39, 0.29) is 12.6 Å². The highest BCUT2D eigenvalue weighted by molar-refractivity contribution is 7.99. The Hall–Kier alpha value is -1.95. The molecule has 1 aromatic rings. The van der Waals surface area contributed by atoms with Crippen LogP contribution in [0.4, 0.5) is 4.79 Å². The van der Waals surface area contributed by atoms with Crippen LogP contribution < -0.4 is 0 Å². The average molecular weight is 458 g/mol. The van der Waals surface area contributed by atoms with Gasteiger partial charge in [0, 0.05) is 30.1 Å². The highest BCUT2D eigenvalue weighted by Gasteiger charge is 2.41. The van der Waals surface area contributed by atoms with Crippen LogP contribution in [0.1, 0.15) is 51.2 Å². The van der Waals surface area contributed by atoms with Crippen molar-refractivity contribution in [3.8, 4) is 0 Å². The summed E-state index contributed by atoms with van der Waals surface area (Å²) in [5.74, 6) is 3.20. The van der Waals surface area contributed by atoms with E-state index in [4.69, 9.17) is 4.74 Å². The van der Waals surface area contributed by atoms with Gasteiger partial charge in [0.15, 0.2) is 0 Å². The number of ether oxygens (including phenoxy) is 1. The van der Waals surface area contributed by atoms with E-state index in [9.17, 15) is 9.59 Å². The number of piperidine rings is 1. The predicted molar refractivity (Wildman–Crippen MR) is 128 cm³/mol. The number of carbonyl (C=O) groups excluding carboxylic acids is 2. The summed E-state index contributed by atoms with van der Waals surface area (Å²) in [6.07, 6.45) is 3.07. The Kier molecular flexibility index (Phi) is 6.89. The molecule has 0 aromatic heterocycles. The van der Waals surface area contributed by atoms with Crippen molar-refractivity contribution >= 4 is 23.8 Å². The lowest BCUT2D eigenvalue weighted by Gasteiger charge is -2.40. The maximum atomic E-state index is 12.3. The maximum Gasteiger partial charge on any atom is 0.410 e. The number of likely N-dealkylation sites (tertiary alicyclic amines) is 1. The van der Waals surface area contributed by atoms with Gasteiger partial charge in [-0.2, -0.15) is 0 Å². The van der Waals surface area contributed by atoms with Gasteiger partial charge >= 0.3 is 6.09 Å². The minimum atomic E-state index is -0.536. The quantitative estimate of drug-likeness (QED) is 0.640. The van der Waals surface area contributed by atoms with Gasteiger partial charge in [0.1, 0.15) is 17.2 Å². The molecular formula is C25H35N3O3S. The van der Waals surface area contributed by atoms with Crippen molar-refractivity contribution in [2.75, 3.05) is 45.8 Å². The molecule has 3 aliphatic rings. The molecule has 2 fully saturated rings. The van der Waals surface area contributed by atoms with Gasteiger partial charge in [-0.1, -0.05) is 24.3 Å². The van der Waals surface area contributed by atoms with Gasteiger partial charge in [-0.25, -0.2) is 9.59 Å². The second-order valence-corrected chi connectivity index (χ2v) is 11.4. The molecule has 0 N–H and O–H groups in total. The molecule has 3 heterocycles. The van der Waals surface area contributed by atoms with Gasteiger partial charge in [0.05, 0.1) is 6.54 Å². The van der Waals surface area contributed by atoms with Crippen molar-refractivity contribution in [2.45, 2.75) is 56.1 Å². The molecule has 7 heteroatoms. The molecule has 0 unspecified atom stereocenters. The van der Waals surface area contributed by atoms with Crippen LogP contribution in [-0.4, -0.2) is 78.1 Å². The van der Waals surface area contributed by atoms with E-state index in [0.717, 1.165) is 38.4 Å². The predicted octanol–water partition coefficient (Wildman–Crippen LogP) is 3.88. The van der Waals surface area contributed by atoms with Crippen LogP contribution in [0, 0.1) is 0 Å². The number of nitrogens with zero attached hydrogens (tertiary/aromatic N) is 3. The zero-order valence-electron chi connectivity index (χ0n) is 19.6. The molecule has 32 heavy (non-hydrogen) atoms. The highest BCUT2D eigenvalue weighted by Crippen LogP contribution is 2.53. The Morgan fingerprint density at radius 3 is 2.59 bits per heavy atom. The number of thioether (sulfide) groups is 1. The minimum Gasteiger partial charge on any atom is -0.444 e. The van der Waals surface area contributed by atoms with E-state index in [1.807, 2.05) is 20.8 Å². The van der Waals surface area contributed by atoms with E-state index in [1.54, 1.807) is 10.5 Å². The molecule has 6 nitrogen and oxygen atoms in total. The lowest BCUT2D eigenvalue weighted by molar-refractivity contribution is 0.0199. The van der Waals surface area contributed by atoms with Gasteiger partial charge in [0.25, 0.3) is 0 Å². The molecule has 4 rings (SSSR count). The summed E-state index contributed by atoms with van der Waals surface area (Å²) in [6.45, 7) is 11.2. The number of benzene rings is 1. The zero-order chi connectivity index (χ0) is 22.8. The van der Waals surface area contributed by atoms with E-state index in [1.165, 1.54) is 18.4 Å². The molecule has 0 saturated carbocycles. The van der Waals surface area contributed by atoms with Crippen LogP contribution in [-0.2, 0) is 20.0 Å². The zero-order valence-corrected chi connectivity index (χ0v) is 20.4. The number of carbonyl (C=O) groups is 1. The summed E-state index contributed by atoms with van der Waals surface area (Å²) >= 11 is 2.13. The lowest BCUT2D eigenvalue weighted by Crippen LogP contribution is -2.49. The number of hydrogen-bond acceptors (Lipinski definition) is 6. The van der Waals surface area contributed by atoms with Crippen LogP contribution in [0.15, 0.2) is 30.0 Å². The van der Waals surface area contributed by atoms with E-state index in [2.05, 4.69) is 51.8 Å². The molecule has 0 atom stereocenters. The van der Waals surface area contributed by atoms with Gasteiger partial charge in [-0.15, -0.1) is 11.8 Å². The van der Waals surface area contributed by atoms with Crippen LogP contribution >= 0.6 is 11.8 Å². The first-order chi connectivity index (χ1) is 15.3. The van der Waals surface area contributed by atoms with E-state index in [0.29, 0.717) is 23.5 Å². The summed E-state index contributed by atoms with van der Waals surface area (Å²) in [4.78, 5) is 30.1. The van der Waals surface area contributed by atoms with Crippen LogP contribution in [0.2, 0.25) is 0 Å². The molecule has 0 radical (unpaired) electrons. The third kappa shape index (κ3) is 5.16. The molecule has 0 aliphatic carbocycles. The van der Waals surface area contributed by atoms with Crippen LogP contribution in [0.25, 0.3) is 0 Å². The number of hydrogen-bond donors (Lipinski definition) is 0. The monoisotopic (exact) mass is 457 g/mol. The Bertz CT molecular complexity index is 883. The molecule has 1 aromatic carbocycles. The van der Waals surface area contributed by atoms with E-state index >= 15 is 0 Å². The fourth-order valence-electron chi connectivity index (χ4n) is 4.98. The first-order valence-electron chi connectivity index (χ1n) is 11.7. The summed E-state index contributed by atoms with van der Waals surface area (Å²) in [5, 5.41) is 0. The van der Waals surface area contributed by atoms with Crippen molar-refractivity contribution in [3.05, 3.63) is 41.1 Å². The highest BCUT2D eigenvalue weighted by atomic mass is 32.2. The smallest absolute Gasteiger partial charge is 0.410 e. The standard InChI is InChI=1S/C25H35N3O3S/c1-24(2,3)31-23(30)28-16-15-27(21(17-28)18-29)12-6-11-26-13-9-25(10-14-26)22-8-5-4-7-20(22)19-32-25/h4-5,7-8H,6,9-17,19H2,1-3H3. The number of rotatable bonds is 4. The summed E-state index contributed by atoms with van der Waals surface area (Å²) in [6, 6.07) is 8.95. The van der Waals surface area contributed by atoms with Gasteiger partial charge in [0.2, 0.25) is 0 Å². The number of piperazine rings is 1. The normalized spacial score (nSPS) is 20.9. The van der Waals surface area contributed by atoms with Gasteiger partial charge in [-0.3, -0.25) is 4.90 Å². The van der Waals surface area contributed by atoms with Crippen LogP contribution in [0.5, 0.6) is 0 Å². The second-order valence-electron chi connectivity index (χ2n) is 10.1. The Morgan fingerprint density at radius 1 is 1.12 bits per heavy atom. The van der Waals surface area contributed by atoms with Crippen LogP contribution in [0.3, 0.4) is 0 Å². The molecule has 0 bridgehead atoms. The molecule has 1 amide bonds. The summed E-state index contributed by atoms with van der Waals surface area (Å²) in [7, 11) is 0.